The van der Waals surface area contributed by atoms with E-state index in [2.05, 4.69) is 0 Å². The quantitative estimate of drug-likeness (QED) is 0.832. The fourth-order valence-electron chi connectivity index (χ4n) is 3.46. The summed E-state index contributed by atoms with van der Waals surface area (Å²) in [5.41, 5.74) is 1.79. The van der Waals surface area contributed by atoms with Crippen molar-refractivity contribution < 1.29 is 14.3 Å². The fourth-order valence-corrected chi connectivity index (χ4v) is 3.46. The average Bonchev–Trinajstić information content (AvgIpc) is 2.67. The van der Waals surface area contributed by atoms with Crippen LogP contribution in [-0.2, 0) is 9.53 Å². The Morgan fingerprint density at radius 3 is 2.12 bits per heavy atom. The van der Waals surface area contributed by atoms with E-state index in [4.69, 9.17) is 4.74 Å². The van der Waals surface area contributed by atoms with Crippen LogP contribution in [0.4, 0.5) is 5.69 Å². The van der Waals surface area contributed by atoms with Gasteiger partial charge in [-0.15, -0.1) is 0 Å². The van der Waals surface area contributed by atoms with Gasteiger partial charge in [0.25, 0.3) is 5.91 Å². The lowest BCUT2D eigenvalue weighted by atomic mass is 9.94. The number of hydrogen-bond acceptors (Lipinski definition) is 4. The molecule has 0 atom stereocenters. The van der Waals surface area contributed by atoms with E-state index in [0.29, 0.717) is 45.0 Å². The Morgan fingerprint density at radius 2 is 1.56 bits per heavy atom. The summed E-state index contributed by atoms with van der Waals surface area (Å²) in [7, 11) is 3.96. The molecule has 2 saturated heterocycles. The van der Waals surface area contributed by atoms with Gasteiger partial charge < -0.3 is 19.4 Å². The van der Waals surface area contributed by atoms with Crippen LogP contribution in [0.2, 0.25) is 0 Å². The summed E-state index contributed by atoms with van der Waals surface area (Å²) in [5.74, 6) is 0.326. The number of anilines is 1. The molecule has 0 radical (unpaired) electrons. The van der Waals surface area contributed by atoms with E-state index in [-0.39, 0.29) is 17.7 Å². The molecule has 0 N–H and O–H groups in total. The van der Waals surface area contributed by atoms with Crippen LogP contribution < -0.4 is 4.90 Å². The van der Waals surface area contributed by atoms with Gasteiger partial charge in [0.15, 0.2) is 0 Å². The van der Waals surface area contributed by atoms with Gasteiger partial charge in [-0.2, -0.15) is 0 Å². The largest absolute Gasteiger partial charge is 0.378 e. The van der Waals surface area contributed by atoms with Crippen molar-refractivity contribution in [3.8, 4) is 0 Å². The topological polar surface area (TPSA) is 53.1 Å². The van der Waals surface area contributed by atoms with E-state index < -0.39 is 0 Å². The molecule has 2 aliphatic heterocycles. The standard InChI is InChI=1S/C19H27N3O3/c1-20(2)17-5-3-15(4-6-17)18(23)21-9-7-16(8-10-21)19(24)22-11-13-25-14-12-22/h3-6,16H,7-14H2,1-2H3. The van der Waals surface area contributed by atoms with Gasteiger partial charge in [0, 0.05) is 57.4 Å². The number of nitrogens with zero attached hydrogens (tertiary/aromatic N) is 3. The average molecular weight is 345 g/mol. The van der Waals surface area contributed by atoms with E-state index in [1.54, 1.807) is 0 Å². The first-order valence-corrected chi connectivity index (χ1v) is 8.99. The van der Waals surface area contributed by atoms with Crippen LogP contribution in [-0.4, -0.2) is 75.1 Å². The highest BCUT2D eigenvalue weighted by molar-refractivity contribution is 5.94. The molecule has 0 aliphatic carbocycles. The first-order chi connectivity index (χ1) is 12.1. The molecular formula is C19H27N3O3. The van der Waals surface area contributed by atoms with Gasteiger partial charge in [0.05, 0.1) is 13.2 Å². The molecule has 0 aromatic heterocycles. The monoisotopic (exact) mass is 345 g/mol. The van der Waals surface area contributed by atoms with Crippen LogP contribution in [0.15, 0.2) is 24.3 Å². The highest BCUT2D eigenvalue weighted by Gasteiger charge is 2.31. The maximum absolute atomic E-state index is 12.7. The number of benzene rings is 1. The number of carbonyl (C=O) groups is 2. The number of ether oxygens (including phenoxy) is 1. The highest BCUT2D eigenvalue weighted by Crippen LogP contribution is 2.22. The number of carbonyl (C=O) groups excluding carboxylic acids is 2. The first kappa shape index (κ1) is 17.7. The molecule has 2 amide bonds. The highest BCUT2D eigenvalue weighted by atomic mass is 16.5. The van der Waals surface area contributed by atoms with Gasteiger partial charge in [-0.3, -0.25) is 9.59 Å². The second-order valence-electron chi connectivity index (χ2n) is 6.95. The molecule has 3 rings (SSSR count). The van der Waals surface area contributed by atoms with Crippen molar-refractivity contribution >= 4 is 17.5 Å². The maximum atomic E-state index is 12.7. The molecule has 1 aromatic carbocycles. The maximum Gasteiger partial charge on any atom is 0.253 e. The Hall–Kier alpha value is -2.08. The molecule has 0 bridgehead atoms. The summed E-state index contributed by atoms with van der Waals surface area (Å²) < 4.78 is 5.31. The van der Waals surface area contributed by atoms with Gasteiger partial charge in [-0.25, -0.2) is 0 Å². The SMILES string of the molecule is CN(C)c1ccc(C(=O)N2CCC(C(=O)N3CCOCC3)CC2)cc1. The van der Waals surface area contributed by atoms with E-state index in [9.17, 15) is 9.59 Å². The van der Waals surface area contributed by atoms with Crippen molar-refractivity contribution in [2.75, 3.05) is 58.4 Å². The minimum atomic E-state index is 0.0401. The van der Waals surface area contributed by atoms with Gasteiger partial charge in [0.2, 0.25) is 5.91 Å². The molecule has 1 aromatic rings. The summed E-state index contributed by atoms with van der Waals surface area (Å²) in [5, 5.41) is 0. The predicted molar refractivity (Wildman–Crippen MR) is 96.8 cm³/mol. The van der Waals surface area contributed by atoms with Crippen molar-refractivity contribution in [1.82, 2.24) is 9.80 Å². The predicted octanol–water partition coefficient (Wildman–Crippen LogP) is 1.46. The van der Waals surface area contributed by atoms with Crippen LogP contribution in [0, 0.1) is 5.92 Å². The van der Waals surface area contributed by atoms with Crippen LogP contribution >= 0.6 is 0 Å². The summed E-state index contributed by atoms with van der Waals surface area (Å²) in [6, 6.07) is 7.68. The van der Waals surface area contributed by atoms with Crippen molar-refractivity contribution in [3.05, 3.63) is 29.8 Å². The van der Waals surface area contributed by atoms with Crippen LogP contribution in [0.3, 0.4) is 0 Å². The number of piperidine rings is 1. The van der Waals surface area contributed by atoms with Crippen molar-refractivity contribution in [2.45, 2.75) is 12.8 Å². The zero-order chi connectivity index (χ0) is 17.8. The molecule has 25 heavy (non-hydrogen) atoms. The number of hydrogen-bond donors (Lipinski definition) is 0. The zero-order valence-corrected chi connectivity index (χ0v) is 15.1. The van der Waals surface area contributed by atoms with Crippen molar-refractivity contribution in [1.29, 1.82) is 0 Å². The number of rotatable bonds is 3. The van der Waals surface area contributed by atoms with E-state index >= 15 is 0 Å². The second-order valence-corrected chi connectivity index (χ2v) is 6.95. The smallest absolute Gasteiger partial charge is 0.253 e. The van der Waals surface area contributed by atoms with Crippen LogP contribution in [0.1, 0.15) is 23.2 Å². The van der Waals surface area contributed by atoms with Gasteiger partial charge in [-0.05, 0) is 37.1 Å². The minimum absolute atomic E-state index is 0.0401. The Kier molecular flexibility index (Phi) is 5.58. The van der Waals surface area contributed by atoms with Crippen molar-refractivity contribution in [3.63, 3.8) is 0 Å². The summed E-state index contributed by atoms with van der Waals surface area (Å²) in [4.78, 5) is 31.0. The molecule has 6 heteroatoms. The van der Waals surface area contributed by atoms with E-state index in [1.807, 2.05) is 53.1 Å². The zero-order valence-electron chi connectivity index (χ0n) is 15.1. The Labute approximate surface area is 149 Å². The van der Waals surface area contributed by atoms with E-state index in [0.717, 1.165) is 18.5 Å². The van der Waals surface area contributed by atoms with E-state index in [1.165, 1.54) is 0 Å². The molecule has 2 heterocycles. The third-order valence-corrected chi connectivity index (χ3v) is 5.08. The third-order valence-electron chi connectivity index (χ3n) is 5.08. The summed E-state index contributed by atoms with van der Waals surface area (Å²) in [6.45, 7) is 3.94. The van der Waals surface area contributed by atoms with Gasteiger partial charge in [0.1, 0.15) is 0 Å². The molecule has 2 fully saturated rings. The van der Waals surface area contributed by atoms with Gasteiger partial charge in [-0.1, -0.05) is 0 Å². The minimum Gasteiger partial charge on any atom is -0.378 e. The molecule has 6 nitrogen and oxygen atoms in total. The summed E-state index contributed by atoms with van der Waals surface area (Å²) >= 11 is 0. The Balaban J connectivity index is 1.54. The molecule has 0 spiro atoms. The first-order valence-electron chi connectivity index (χ1n) is 8.99. The second kappa shape index (κ2) is 7.87. The molecular weight excluding hydrogens is 318 g/mol. The third kappa shape index (κ3) is 4.12. The fraction of sp³-hybridized carbons (Fsp3) is 0.579. The lowest BCUT2D eigenvalue weighted by molar-refractivity contribution is -0.141. The Morgan fingerprint density at radius 1 is 0.960 bits per heavy atom. The molecule has 0 unspecified atom stereocenters. The Bertz CT molecular complexity index is 601. The molecule has 136 valence electrons. The number of morpholine rings is 1. The normalized spacial score (nSPS) is 19.0. The molecule has 0 saturated carbocycles. The number of likely N-dealkylation sites (tertiary alicyclic amines) is 1. The van der Waals surface area contributed by atoms with Crippen LogP contribution in [0.25, 0.3) is 0 Å². The van der Waals surface area contributed by atoms with Crippen LogP contribution in [0.5, 0.6) is 0 Å². The van der Waals surface area contributed by atoms with Gasteiger partial charge >= 0.3 is 0 Å². The lowest BCUT2D eigenvalue weighted by Crippen LogP contribution is -2.47. The lowest BCUT2D eigenvalue weighted by Gasteiger charge is -2.35. The summed E-state index contributed by atoms with van der Waals surface area (Å²) in [6.07, 6.45) is 1.50. The van der Waals surface area contributed by atoms with Crippen molar-refractivity contribution in [2.24, 2.45) is 5.92 Å². The number of amides is 2. The molecule has 2 aliphatic rings.